The zero-order valence-electron chi connectivity index (χ0n) is 5.03. The zero-order chi connectivity index (χ0) is 7.15. The molecule has 0 amide bonds. The van der Waals surface area contributed by atoms with Gasteiger partial charge in [0.2, 0.25) is 0 Å². The molecule has 6 heteroatoms. The quantitative estimate of drug-likeness (QED) is 0.328. The Hall–Kier alpha value is 1.34. The molecule has 0 aromatic carbocycles. The molecule has 0 aliphatic rings. The molecule has 0 fully saturated rings. The van der Waals surface area contributed by atoms with Gasteiger partial charge in [-0.2, -0.15) is 0 Å². The van der Waals surface area contributed by atoms with Crippen LogP contribution in [0.2, 0.25) is 0 Å². The van der Waals surface area contributed by atoms with E-state index in [0.29, 0.717) is 0 Å². The fraction of sp³-hybridized carbons (Fsp3) is 0.667. The third-order valence-electron chi connectivity index (χ3n) is 0. The van der Waals surface area contributed by atoms with Gasteiger partial charge in [0.05, 0.1) is 0 Å². The Bertz CT molecular complexity index is 61.3. The molecule has 0 aromatic heterocycles. The Balaban J connectivity index is -0.0000000720. The van der Waals surface area contributed by atoms with Gasteiger partial charge < -0.3 is 9.90 Å². The largest absolute Gasteiger partial charge is 1.00 e. The van der Waals surface area contributed by atoms with E-state index in [1.807, 2.05) is 0 Å². The van der Waals surface area contributed by atoms with Gasteiger partial charge in [0, 0.05) is 5.97 Å². The monoisotopic (exact) mass is 200 g/mol. The molecular weight excluding hydrogens is 197 g/mol. The number of rotatable bonds is 0. The van der Waals surface area contributed by atoms with Crippen molar-refractivity contribution in [2.75, 3.05) is 0 Å². The van der Waals surface area contributed by atoms with E-state index in [9.17, 15) is 0 Å². The van der Waals surface area contributed by atoms with Gasteiger partial charge in [-0.1, -0.05) is 34.8 Å². The number of halogens is 3. The second-order valence-electron chi connectivity index (χ2n) is 0.739. The van der Waals surface area contributed by atoms with Gasteiger partial charge in [-0.15, -0.1) is 0 Å². The van der Waals surface area contributed by atoms with Crippen molar-refractivity contribution in [3.63, 3.8) is 0 Å². The zero-order valence-corrected chi connectivity index (χ0v) is 9.30. The van der Waals surface area contributed by atoms with Gasteiger partial charge >= 0.3 is 29.6 Å². The normalized spacial score (nSPS) is 6.78. The van der Waals surface area contributed by atoms with Crippen molar-refractivity contribution in [1.29, 1.82) is 0 Å². The fourth-order valence-corrected chi connectivity index (χ4v) is 0. The fourth-order valence-electron chi connectivity index (χ4n) is 0. The summed E-state index contributed by atoms with van der Waals surface area (Å²) in [5.74, 6) is -1.08. The minimum atomic E-state index is -1.08. The number of hydrogen-bond donors (Lipinski definition) is 0. The third-order valence-corrected chi connectivity index (χ3v) is 0. The Morgan fingerprint density at radius 3 is 1.44 bits per heavy atom. The molecule has 0 atom stereocenters. The second-order valence-corrected chi connectivity index (χ2v) is 2.72. The first-order chi connectivity index (χ1) is 3.46. The molecule has 0 unspecified atom stereocenters. The Kier molecular flexibility index (Phi) is 22.4. The molecule has 2 nitrogen and oxygen atoms in total. The van der Waals surface area contributed by atoms with Crippen molar-refractivity contribution in [1.82, 2.24) is 0 Å². The molecule has 0 bridgehead atoms. The Labute approximate surface area is 90.8 Å². The van der Waals surface area contributed by atoms with E-state index in [1.165, 1.54) is 0 Å². The molecule has 0 heterocycles. The van der Waals surface area contributed by atoms with Gasteiger partial charge in [-0.05, 0) is 6.92 Å². The maximum absolute atomic E-state index is 8.89. The molecular formula is C3H4Cl3NaO2. The molecule has 0 radical (unpaired) electrons. The number of aliphatic carboxylic acids is 1. The van der Waals surface area contributed by atoms with Crippen LogP contribution in [0.5, 0.6) is 0 Å². The van der Waals surface area contributed by atoms with Crippen LogP contribution in [-0.2, 0) is 4.79 Å². The standard InChI is InChI=1S/C2H4O2.CHCl3.Na/c1-2(3)4;2-1(3)4;/h1H3,(H,3,4);1H;/q;;+1/p-1. The average molecular weight is 201 g/mol. The van der Waals surface area contributed by atoms with Gasteiger partial charge in [0.25, 0.3) is 0 Å². The van der Waals surface area contributed by atoms with Gasteiger partial charge in [0.1, 0.15) is 0 Å². The summed E-state index contributed by atoms with van der Waals surface area (Å²) in [6.07, 6.45) is 0. The summed E-state index contributed by atoms with van der Waals surface area (Å²) in [6, 6.07) is 0. The molecule has 0 N–H and O–H groups in total. The van der Waals surface area contributed by atoms with Gasteiger partial charge in [-0.25, -0.2) is 0 Å². The van der Waals surface area contributed by atoms with Crippen LogP contribution in [-0.4, -0.2) is 10.3 Å². The number of carboxylic acid groups (broad SMARTS) is 1. The molecule has 9 heavy (non-hydrogen) atoms. The topological polar surface area (TPSA) is 40.1 Å². The van der Waals surface area contributed by atoms with Crippen LogP contribution in [0.1, 0.15) is 6.92 Å². The van der Waals surface area contributed by atoms with E-state index in [4.69, 9.17) is 44.7 Å². The van der Waals surface area contributed by atoms with Gasteiger partial charge in [-0.3, -0.25) is 0 Å². The minimum Gasteiger partial charge on any atom is -0.550 e. The summed E-state index contributed by atoms with van der Waals surface area (Å²) in [6.45, 7) is 0.972. The molecule has 50 valence electrons. The third kappa shape index (κ3) is 280. The Morgan fingerprint density at radius 2 is 1.44 bits per heavy atom. The maximum Gasteiger partial charge on any atom is 1.00 e. The molecule has 0 aromatic rings. The van der Waals surface area contributed by atoms with Crippen LogP contribution in [0.25, 0.3) is 0 Å². The summed E-state index contributed by atoms with van der Waals surface area (Å²) in [5, 5.41) is 8.89. The first-order valence-corrected chi connectivity index (χ1v) is 2.87. The van der Waals surface area contributed by atoms with E-state index >= 15 is 0 Å². The van der Waals surface area contributed by atoms with Crippen molar-refractivity contribution >= 4 is 40.8 Å². The van der Waals surface area contributed by atoms with E-state index < -0.39 is 10.3 Å². The number of carbonyl (C=O) groups is 1. The molecule has 0 saturated heterocycles. The van der Waals surface area contributed by atoms with Crippen molar-refractivity contribution in [2.24, 2.45) is 0 Å². The molecule has 0 aliphatic carbocycles. The number of carbonyl (C=O) groups excluding carboxylic acids is 1. The average Bonchev–Trinajstić information content (AvgIpc) is 1.25. The van der Waals surface area contributed by atoms with Crippen LogP contribution in [0.3, 0.4) is 0 Å². The van der Waals surface area contributed by atoms with E-state index in [2.05, 4.69) is 0 Å². The summed E-state index contributed by atoms with van der Waals surface area (Å²) < 4.78 is -0.750. The first-order valence-electron chi connectivity index (χ1n) is 1.56. The van der Waals surface area contributed by atoms with Crippen molar-refractivity contribution in [2.45, 2.75) is 11.2 Å². The van der Waals surface area contributed by atoms with Crippen LogP contribution < -0.4 is 34.7 Å². The van der Waals surface area contributed by atoms with Crippen molar-refractivity contribution in [3.8, 4) is 0 Å². The number of carboxylic acids is 1. The molecule has 0 saturated carbocycles. The van der Waals surface area contributed by atoms with E-state index in [1.54, 1.807) is 0 Å². The van der Waals surface area contributed by atoms with Gasteiger partial charge in [0.15, 0.2) is 4.30 Å². The summed E-state index contributed by atoms with van der Waals surface area (Å²) >= 11 is 14.4. The summed E-state index contributed by atoms with van der Waals surface area (Å²) in [5.41, 5.74) is 0. The predicted octanol–water partition coefficient (Wildman–Crippen LogP) is -2.25. The minimum absolute atomic E-state index is 0. The van der Waals surface area contributed by atoms with Crippen molar-refractivity contribution in [3.05, 3.63) is 0 Å². The summed E-state index contributed by atoms with van der Waals surface area (Å²) in [7, 11) is 0. The molecule has 0 aliphatic heterocycles. The maximum atomic E-state index is 8.89. The number of alkyl halides is 3. The van der Waals surface area contributed by atoms with Crippen LogP contribution in [0.15, 0.2) is 0 Å². The van der Waals surface area contributed by atoms with E-state index in [-0.39, 0.29) is 29.6 Å². The predicted molar refractivity (Wildman–Crippen MR) is 32.0 cm³/mol. The molecule has 0 spiro atoms. The van der Waals surface area contributed by atoms with Crippen LogP contribution in [0.4, 0.5) is 0 Å². The smallest absolute Gasteiger partial charge is 0.550 e. The Morgan fingerprint density at radius 1 is 1.44 bits per heavy atom. The SMILES string of the molecule is CC(=O)[O-].ClC(Cl)Cl.[Na+]. The van der Waals surface area contributed by atoms with E-state index in [0.717, 1.165) is 6.92 Å². The summed E-state index contributed by atoms with van der Waals surface area (Å²) in [4.78, 5) is 8.89. The van der Waals surface area contributed by atoms with Crippen molar-refractivity contribution < 1.29 is 39.5 Å². The first kappa shape index (κ1) is 16.7. The van der Waals surface area contributed by atoms with Crippen LogP contribution >= 0.6 is 34.8 Å². The van der Waals surface area contributed by atoms with Crippen LogP contribution in [0, 0.1) is 0 Å². The number of hydrogen-bond acceptors (Lipinski definition) is 2. The second kappa shape index (κ2) is 12.1. The molecule has 0 rings (SSSR count).